The average Bonchev–Trinajstić information content (AvgIpc) is 2.20. The maximum atomic E-state index is 11.2. The molecule has 0 atom stereocenters. The Morgan fingerprint density at radius 2 is 1.57 bits per heavy atom. The van der Waals surface area contributed by atoms with Gasteiger partial charge in [-0.2, -0.15) is 0 Å². The summed E-state index contributed by atoms with van der Waals surface area (Å²) >= 11 is 0. The molecular formula is C13H20O. The van der Waals surface area contributed by atoms with E-state index in [1.807, 2.05) is 6.08 Å². The second-order valence-electron chi connectivity index (χ2n) is 3.99. The number of carbonyl (C=O) groups excluding carboxylic acids is 1. The van der Waals surface area contributed by atoms with Crippen LogP contribution in [0.5, 0.6) is 0 Å². The quantitative estimate of drug-likeness (QED) is 0.534. The fourth-order valence-electron chi connectivity index (χ4n) is 1.74. The van der Waals surface area contributed by atoms with E-state index >= 15 is 0 Å². The molecule has 0 amide bonds. The summed E-state index contributed by atoms with van der Waals surface area (Å²) in [6.07, 6.45) is 14.2. The fraction of sp³-hybridized carbons (Fsp3) is 0.692. The first-order valence-electron chi connectivity index (χ1n) is 5.83. The SMILES string of the molecule is O=C1C=C=CCCCCCCCCC1. The first-order chi connectivity index (χ1) is 6.89. The van der Waals surface area contributed by atoms with Crippen LogP contribution in [0.25, 0.3) is 0 Å². The van der Waals surface area contributed by atoms with Crippen molar-refractivity contribution in [3.05, 3.63) is 17.9 Å². The predicted molar refractivity (Wildman–Crippen MR) is 59.2 cm³/mol. The summed E-state index contributed by atoms with van der Waals surface area (Å²) in [5.74, 6) is 0.237. The van der Waals surface area contributed by atoms with E-state index in [1.54, 1.807) is 6.08 Å². The lowest BCUT2D eigenvalue weighted by molar-refractivity contribution is -0.114. The Morgan fingerprint density at radius 3 is 2.36 bits per heavy atom. The molecule has 78 valence electrons. The molecule has 1 rings (SSSR count). The normalized spacial score (nSPS) is 21.0. The third-order valence-electron chi connectivity index (χ3n) is 2.63. The van der Waals surface area contributed by atoms with Crippen LogP contribution in [0.15, 0.2) is 17.9 Å². The maximum Gasteiger partial charge on any atom is 0.163 e. The van der Waals surface area contributed by atoms with Crippen molar-refractivity contribution in [2.24, 2.45) is 0 Å². The minimum absolute atomic E-state index is 0.237. The molecule has 0 aromatic heterocycles. The summed E-state index contributed by atoms with van der Waals surface area (Å²) in [5.41, 5.74) is 2.97. The minimum atomic E-state index is 0.237. The maximum absolute atomic E-state index is 11.2. The van der Waals surface area contributed by atoms with Crippen LogP contribution in [0.2, 0.25) is 0 Å². The first-order valence-corrected chi connectivity index (χ1v) is 5.83. The summed E-state index contributed by atoms with van der Waals surface area (Å²) in [5, 5.41) is 0. The van der Waals surface area contributed by atoms with E-state index in [4.69, 9.17) is 0 Å². The summed E-state index contributed by atoms with van der Waals surface area (Å²) in [7, 11) is 0. The zero-order chi connectivity index (χ0) is 10.1. The smallest absolute Gasteiger partial charge is 0.163 e. The Morgan fingerprint density at radius 1 is 0.929 bits per heavy atom. The number of rotatable bonds is 0. The fourth-order valence-corrected chi connectivity index (χ4v) is 1.74. The Balaban J connectivity index is 2.34. The molecule has 1 nitrogen and oxygen atoms in total. The van der Waals surface area contributed by atoms with Crippen LogP contribution < -0.4 is 0 Å². The molecule has 0 saturated carbocycles. The molecule has 1 aliphatic rings. The van der Waals surface area contributed by atoms with Crippen molar-refractivity contribution in [1.82, 2.24) is 0 Å². The monoisotopic (exact) mass is 192 g/mol. The third-order valence-corrected chi connectivity index (χ3v) is 2.63. The lowest BCUT2D eigenvalue weighted by Crippen LogP contribution is -1.91. The van der Waals surface area contributed by atoms with Crippen LogP contribution in [-0.2, 0) is 4.79 Å². The molecule has 0 fully saturated rings. The molecule has 1 heteroatoms. The van der Waals surface area contributed by atoms with Gasteiger partial charge in [-0.3, -0.25) is 4.79 Å². The van der Waals surface area contributed by atoms with Gasteiger partial charge in [-0.15, -0.1) is 5.73 Å². The summed E-state index contributed by atoms with van der Waals surface area (Å²) < 4.78 is 0. The van der Waals surface area contributed by atoms with Crippen molar-refractivity contribution in [3.8, 4) is 0 Å². The van der Waals surface area contributed by atoms with E-state index in [0.29, 0.717) is 6.42 Å². The molecule has 0 bridgehead atoms. The zero-order valence-corrected chi connectivity index (χ0v) is 8.93. The van der Waals surface area contributed by atoms with Crippen molar-refractivity contribution in [1.29, 1.82) is 0 Å². The van der Waals surface area contributed by atoms with Gasteiger partial charge < -0.3 is 0 Å². The lowest BCUT2D eigenvalue weighted by atomic mass is 10.1. The number of hydrogen-bond donors (Lipinski definition) is 0. The summed E-state index contributed by atoms with van der Waals surface area (Å²) in [6.45, 7) is 0. The molecule has 0 heterocycles. The molecule has 0 unspecified atom stereocenters. The van der Waals surface area contributed by atoms with Crippen LogP contribution in [0.1, 0.15) is 57.8 Å². The van der Waals surface area contributed by atoms with Crippen LogP contribution >= 0.6 is 0 Å². The average molecular weight is 192 g/mol. The van der Waals surface area contributed by atoms with Gasteiger partial charge in [-0.25, -0.2) is 0 Å². The van der Waals surface area contributed by atoms with Crippen molar-refractivity contribution >= 4 is 5.78 Å². The molecule has 0 aliphatic heterocycles. The predicted octanol–water partition coefficient (Wildman–Crippen LogP) is 3.79. The highest BCUT2D eigenvalue weighted by Gasteiger charge is 1.97. The van der Waals surface area contributed by atoms with Crippen molar-refractivity contribution in [2.45, 2.75) is 57.8 Å². The van der Waals surface area contributed by atoms with Crippen LogP contribution in [0.4, 0.5) is 0 Å². The standard InChI is InChI=1S/C13H20O/c14-13-11-9-7-5-3-1-2-4-6-8-10-12-13/h7,11H,1-6,8,10,12H2. The van der Waals surface area contributed by atoms with E-state index < -0.39 is 0 Å². The first kappa shape index (κ1) is 11.3. The van der Waals surface area contributed by atoms with E-state index in [2.05, 4.69) is 5.73 Å². The van der Waals surface area contributed by atoms with Gasteiger partial charge in [0.15, 0.2) is 5.78 Å². The molecule has 0 aromatic carbocycles. The van der Waals surface area contributed by atoms with E-state index in [1.165, 1.54) is 38.5 Å². The Bertz CT molecular complexity index is 221. The number of hydrogen-bond acceptors (Lipinski definition) is 1. The summed E-state index contributed by atoms with van der Waals surface area (Å²) in [6, 6.07) is 0. The third kappa shape index (κ3) is 5.77. The Labute approximate surface area is 86.9 Å². The number of allylic oxidation sites excluding steroid dienone is 1. The van der Waals surface area contributed by atoms with Gasteiger partial charge in [-0.05, 0) is 25.3 Å². The molecule has 0 saturated heterocycles. The van der Waals surface area contributed by atoms with Gasteiger partial charge >= 0.3 is 0 Å². The highest BCUT2D eigenvalue weighted by molar-refractivity contribution is 5.89. The van der Waals surface area contributed by atoms with Crippen molar-refractivity contribution < 1.29 is 4.79 Å². The van der Waals surface area contributed by atoms with Gasteiger partial charge in [0.25, 0.3) is 0 Å². The molecule has 14 heavy (non-hydrogen) atoms. The van der Waals surface area contributed by atoms with E-state index in [9.17, 15) is 4.79 Å². The minimum Gasteiger partial charge on any atom is -0.294 e. The summed E-state index contributed by atoms with van der Waals surface area (Å²) in [4.78, 5) is 11.2. The number of carbonyl (C=O) groups is 1. The van der Waals surface area contributed by atoms with E-state index in [0.717, 1.165) is 12.8 Å². The molecule has 0 radical (unpaired) electrons. The molecular weight excluding hydrogens is 172 g/mol. The second kappa shape index (κ2) is 7.58. The Kier molecular flexibility index (Phi) is 6.10. The van der Waals surface area contributed by atoms with Gasteiger partial charge in [0, 0.05) is 12.5 Å². The molecule has 0 spiro atoms. The van der Waals surface area contributed by atoms with Gasteiger partial charge in [0.05, 0.1) is 0 Å². The topological polar surface area (TPSA) is 17.1 Å². The van der Waals surface area contributed by atoms with Crippen LogP contribution in [0, 0.1) is 0 Å². The lowest BCUT2D eigenvalue weighted by Gasteiger charge is -1.99. The van der Waals surface area contributed by atoms with Gasteiger partial charge in [0.2, 0.25) is 0 Å². The van der Waals surface area contributed by atoms with Gasteiger partial charge in [-0.1, -0.05) is 32.1 Å². The molecule has 0 N–H and O–H groups in total. The van der Waals surface area contributed by atoms with E-state index in [-0.39, 0.29) is 5.78 Å². The number of ketones is 1. The van der Waals surface area contributed by atoms with Crippen LogP contribution in [0.3, 0.4) is 0 Å². The zero-order valence-electron chi connectivity index (χ0n) is 8.93. The highest BCUT2D eigenvalue weighted by Crippen LogP contribution is 2.10. The largest absolute Gasteiger partial charge is 0.294 e. The molecule has 1 aliphatic carbocycles. The van der Waals surface area contributed by atoms with Crippen molar-refractivity contribution in [3.63, 3.8) is 0 Å². The Hall–Kier alpha value is -0.810. The van der Waals surface area contributed by atoms with Crippen LogP contribution in [-0.4, -0.2) is 5.78 Å². The molecule has 0 aromatic rings. The van der Waals surface area contributed by atoms with Crippen molar-refractivity contribution in [2.75, 3.05) is 0 Å². The van der Waals surface area contributed by atoms with Gasteiger partial charge in [0.1, 0.15) is 0 Å². The highest BCUT2D eigenvalue weighted by atomic mass is 16.1. The second-order valence-corrected chi connectivity index (χ2v) is 3.99.